The lowest BCUT2D eigenvalue weighted by atomic mass is 10.1. The molecule has 1 aromatic heterocycles. The second kappa shape index (κ2) is 8.37. The first kappa shape index (κ1) is 18.6. The second-order valence-corrected chi connectivity index (χ2v) is 7.07. The molecule has 1 atom stereocenters. The average Bonchev–Trinajstić information content (AvgIpc) is 3.04. The van der Waals surface area contributed by atoms with Crippen molar-refractivity contribution < 1.29 is 9.59 Å². The summed E-state index contributed by atoms with van der Waals surface area (Å²) in [6, 6.07) is 7.86. The molecule has 0 saturated carbocycles. The van der Waals surface area contributed by atoms with Crippen LogP contribution in [0.25, 0.3) is 0 Å². The Hall–Kier alpha value is -1.76. The minimum absolute atomic E-state index is 0.117. The molecule has 3 N–H and O–H groups in total. The molecule has 3 amide bonds. The lowest BCUT2D eigenvalue weighted by Gasteiger charge is -2.21. The summed E-state index contributed by atoms with van der Waals surface area (Å²) in [6.07, 6.45) is 0.126. The molecule has 8 heteroatoms. The molecule has 1 aromatic carbocycles. The van der Waals surface area contributed by atoms with Crippen LogP contribution in [-0.2, 0) is 11.3 Å². The van der Waals surface area contributed by atoms with Gasteiger partial charge in [0.05, 0.1) is 22.5 Å². The van der Waals surface area contributed by atoms with Gasteiger partial charge in [-0.05, 0) is 29.1 Å². The van der Waals surface area contributed by atoms with Crippen molar-refractivity contribution in [2.75, 3.05) is 7.05 Å². The number of carbonyl (C=O) groups excluding carboxylic acids is 2. The molecule has 0 radical (unpaired) electrons. The number of carbonyl (C=O) groups is 2. The number of hydrogen-bond acceptors (Lipinski definition) is 3. The fourth-order valence-corrected chi connectivity index (χ4v) is 3.31. The van der Waals surface area contributed by atoms with E-state index in [-0.39, 0.29) is 12.3 Å². The Morgan fingerprint density at radius 2 is 2.04 bits per heavy atom. The third-order valence-electron chi connectivity index (χ3n) is 3.41. The summed E-state index contributed by atoms with van der Waals surface area (Å²) >= 11 is 13.3. The lowest BCUT2D eigenvalue weighted by Crippen LogP contribution is -2.36. The summed E-state index contributed by atoms with van der Waals surface area (Å²) < 4.78 is 0. The van der Waals surface area contributed by atoms with Crippen molar-refractivity contribution in [3.63, 3.8) is 0 Å². The number of hydrogen-bond donors (Lipinski definition) is 2. The minimum atomic E-state index is -0.659. The van der Waals surface area contributed by atoms with E-state index in [2.05, 4.69) is 5.32 Å². The largest absolute Gasteiger partial charge is 0.352 e. The van der Waals surface area contributed by atoms with Crippen molar-refractivity contribution in [1.29, 1.82) is 0 Å². The molecule has 1 unspecified atom stereocenters. The minimum Gasteiger partial charge on any atom is -0.352 e. The molecule has 128 valence electrons. The molecule has 0 spiro atoms. The van der Waals surface area contributed by atoms with Crippen molar-refractivity contribution in [2.45, 2.75) is 19.0 Å². The van der Waals surface area contributed by atoms with Gasteiger partial charge >= 0.3 is 6.03 Å². The van der Waals surface area contributed by atoms with E-state index >= 15 is 0 Å². The Kier molecular flexibility index (Phi) is 6.48. The molecular weight excluding hydrogens is 369 g/mol. The summed E-state index contributed by atoms with van der Waals surface area (Å²) in [5.74, 6) is -0.117. The van der Waals surface area contributed by atoms with E-state index in [1.807, 2.05) is 23.6 Å². The second-order valence-electron chi connectivity index (χ2n) is 5.28. The Morgan fingerprint density at radius 3 is 2.62 bits per heavy atom. The molecule has 0 saturated heterocycles. The number of benzene rings is 1. The van der Waals surface area contributed by atoms with E-state index in [0.717, 1.165) is 10.4 Å². The van der Waals surface area contributed by atoms with Crippen LogP contribution >= 0.6 is 34.5 Å². The molecule has 1 heterocycles. The fourth-order valence-electron chi connectivity index (χ4n) is 2.21. The highest BCUT2D eigenvalue weighted by Crippen LogP contribution is 2.25. The summed E-state index contributed by atoms with van der Waals surface area (Å²) in [5.41, 5.74) is 6.08. The Balaban J connectivity index is 2.03. The van der Waals surface area contributed by atoms with E-state index in [9.17, 15) is 9.59 Å². The molecule has 0 aliphatic carbocycles. The van der Waals surface area contributed by atoms with Crippen molar-refractivity contribution >= 4 is 46.5 Å². The number of nitrogens with zero attached hydrogens (tertiary/aromatic N) is 1. The number of nitrogens with one attached hydrogen (secondary N) is 1. The zero-order valence-corrected chi connectivity index (χ0v) is 15.3. The molecular formula is C16H17Cl2N3O2S. The van der Waals surface area contributed by atoms with Crippen LogP contribution in [0.5, 0.6) is 0 Å². The predicted molar refractivity (Wildman–Crippen MR) is 97.3 cm³/mol. The molecule has 2 rings (SSSR count). The van der Waals surface area contributed by atoms with Gasteiger partial charge in [-0.25, -0.2) is 4.79 Å². The fraction of sp³-hybridized carbons (Fsp3) is 0.250. The lowest BCUT2D eigenvalue weighted by molar-refractivity contribution is -0.130. The maximum atomic E-state index is 12.5. The van der Waals surface area contributed by atoms with Crippen LogP contribution in [0, 0.1) is 0 Å². The van der Waals surface area contributed by atoms with Crippen molar-refractivity contribution in [3.05, 3.63) is 56.2 Å². The first-order valence-electron chi connectivity index (χ1n) is 7.14. The summed E-state index contributed by atoms with van der Waals surface area (Å²) in [6.45, 7) is 0.392. The predicted octanol–water partition coefficient (Wildman–Crippen LogP) is 3.81. The van der Waals surface area contributed by atoms with Crippen LogP contribution < -0.4 is 11.1 Å². The van der Waals surface area contributed by atoms with E-state index < -0.39 is 12.1 Å². The molecule has 24 heavy (non-hydrogen) atoms. The first-order valence-corrected chi connectivity index (χ1v) is 8.77. The van der Waals surface area contributed by atoms with Crippen LogP contribution in [0.1, 0.15) is 22.9 Å². The molecule has 0 aliphatic heterocycles. The van der Waals surface area contributed by atoms with Gasteiger partial charge in [0.15, 0.2) is 0 Å². The third kappa shape index (κ3) is 5.12. The average molecular weight is 386 g/mol. The van der Waals surface area contributed by atoms with Crippen molar-refractivity contribution in [2.24, 2.45) is 5.73 Å². The number of thiophene rings is 1. The standard InChI is InChI=1S/C16H17Cl2N3O2S/c1-21(9-10-4-5-11(17)12(18)7-10)15(22)8-13(20-16(19)23)14-3-2-6-24-14/h2-7,13H,8-9H2,1H3,(H3,19,20,23). The maximum Gasteiger partial charge on any atom is 0.312 e. The normalized spacial score (nSPS) is 11.8. The monoisotopic (exact) mass is 385 g/mol. The number of halogens is 2. The van der Waals surface area contributed by atoms with E-state index in [4.69, 9.17) is 28.9 Å². The van der Waals surface area contributed by atoms with E-state index in [1.165, 1.54) is 11.3 Å². The van der Waals surface area contributed by atoms with Gasteiger partial charge < -0.3 is 16.0 Å². The number of rotatable bonds is 6. The van der Waals surface area contributed by atoms with E-state index in [1.54, 1.807) is 24.1 Å². The van der Waals surface area contributed by atoms with Crippen LogP contribution in [0.3, 0.4) is 0 Å². The number of primary amides is 1. The van der Waals surface area contributed by atoms with Crippen LogP contribution in [0.2, 0.25) is 10.0 Å². The van der Waals surface area contributed by atoms with Gasteiger partial charge in [0, 0.05) is 18.5 Å². The summed E-state index contributed by atoms with van der Waals surface area (Å²) in [4.78, 5) is 26.1. The van der Waals surface area contributed by atoms with Crippen LogP contribution in [0.15, 0.2) is 35.7 Å². The molecule has 5 nitrogen and oxygen atoms in total. The maximum absolute atomic E-state index is 12.5. The number of urea groups is 1. The Morgan fingerprint density at radius 1 is 1.29 bits per heavy atom. The smallest absolute Gasteiger partial charge is 0.312 e. The number of amides is 3. The van der Waals surface area contributed by atoms with Crippen molar-refractivity contribution in [3.8, 4) is 0 Å². The van der Waals surface area contributed by atoms with Gasteiger partial charge in [-0.15, -0.1) is 11.3 Å². The number of nitrogens with two attached hydrogens (primary N) is 1. The first-order chi connectivity index (χ1) is 11.4. The quantitative estimate of drug-likeness (QED) is 0.792. The van der Waals surface area contributed by atoms with Gasteiger partial charge in [0.1, 0.15) is 0 Å². The van der Waals surface area contributed by atoms with Gasteiger partial charge in [-0.3, -0.25) is 4.79 Å². The zero-order valence-electron chi connectivity index (χ0n) is 13.0. The molecule has 0 aliphatic rings. The van der Waals surface area contributed by atoms with Crippen LogP contribution in [-0.4, -0.2) is 23.9 Å². The third-order valence-corrected chi connectivity index (χ3v) is 5.14. The summed E-state index contributed by atoms with van der Waals surface area (Å²) in [5, 5.41) is 5.41. The molecule has 0 fully saturated rings. The van der Waals surface area contributed by atoms with Gasteiger partial charge in [-0.1, -0.05) is 35.3 Å². The Bertz CT molecular complexity index is 722. The summed E-state index contributed by atoms with van der Waals surface area (Å²) in [7, 11) is 1.70. The highest BCUT2D eigenvalue weighted by molar-refractivity contribution is 7.10. The highest BCUT2D eigenvalue weighted by Gasteiger charge is 2.20. The molecule has 2 aromatic rings. The SMILES string of the molecule is CN(Cc1ccc(Cl)c(Cl)c1)C(=O)CC(NC(N)=O)c1cccs1. The van der Waals surface area contributed by atoms with Crippen molar-refractivity contribution in [1.82, 2.24) is 10.2 Å². The van der Waals surface area contributed by atoms with Gasteiger partial charge in [-0.2, -0.15) is 0 Å². The molecule has 0 bridgehead atoms. The zero-order chi connectivity index (χ0) is 17.7. The van der Waals surface area contributed by atoms with Gasteiger partial charge in [0.25, 0.3) is 0 Å². The Labute approximate surface area is 154 Å². The van der Waals surface area contributed by atoms with Crippen LogP contribution in [0.4, 0.5) is 4.79 Å². The highest BCUT2D eigenvalue weighted by atomic mass is 35.5. The van der Waals surface area contributed by atoms with Gasteiger partial charge in [0.2, 0.25) is 5.91 Å². The topological polar surface area (TPSA) is 75.4 Å². The van der Waals surface area contributed by atoms with E-state index in [0.29, 0.717) is 16.6 Å².